The van der Waals surface area contributed by atoms with Crippen molar-refractivity contribution in [3.63, 3.8) is 0 Å². The lowest BCUT2D eigenvalue weighted by Crippen LogP contribution is -2.40. The van der Waals surface area contributed by atoms with E-state index in [1.165, 1.54) is 15.6 Å². The number of allylic oxidation sites excluding steroid dienone is 1. The van der Waals surface area contributed by atoms with Crippen molar-refractivity contribution in [3.8, 4) is 0 Å². The van der Waals surface area contributed by atoms with Crippen molar-refractivity contribution in [2.45, 2.75) is 36.6 Å². The molecule has 1 amide bonds. The number of rotatable bonds is 7. The molecule has 2 aromatic heterocycles. The smallest absolute Gasteiger partial charge is 0.338 e. The molecule has 3 heterocycles. The number of ether oxygens (including phenoxy) is 1. The van der Waals surface area contributed by atoms with E-state index in [4.69, 9.17) is 4.74 Å². The summed E-state index contributed by atoms with van der Waals surface area (Å²) in [6.07, 6.45) is 2.71. The summed E-state index contributed by atoms with van der Waals surface area (Å²) in [6, 6.07) is 7.55. The molecule has 1 fully saturated rings. The zero-order valence-corrected chi connectivity index (χ0v) is 20.4. The summed E-state index contributed by atoms with van der Waals surface area (Å²) in [5, 5.41) is 1.70. The number of thiazole rings is 1. The minimum absolute atomic E-state index is 0.220. The van der Waals surface area contributed by atoms with Gasteiger partial charge in [-0.1, -0.05) is 23.5 Å². The fourth-order valence-electron chi connectivity index (χ4n) is 3.77. The second-order valence-electron chi connectivity index (χ2n) is 7.34. The van der Waals surface area contributed by atoms with Crippen molar-refractivity contribution in [2.24, 2.45) is 4.99 Å². The summed E-state index contributed by atoms with van der Waals surface area (Å²) in [5.41, 5.74) is 1.22. The van der Waals surface area contributed by atoms with Gasteiger partial charge in [-0.3, -0.25) is 4.79 Å². The van der Waals surface area contributed by atoms with Crippen LogP contribution >= 0.6 is 22.7 Å². The van der Waals surface area contributed by atoms with E-state index in [2.05, 4.69) is 11.6 Å². The normalized spacial score (nSPS) is 17.5. The Balaban J connectivity index is 1.72. The summed E-state index contributed by atoms with van der Waals surface area (Å²) < 4.78 is 35.2. The SMILES string of the molecule is C=CCn1c(=NC(=O)C2CCCN2S(=O)(=O)c2cccs2)sc2cc(C(=O)OCC)ccc21. The highest BCUT2D eigenvalue weighted by Gasteiger charge is 2.40. The predicted molar refractivity (Wildman–Crippen MR) is 128 cm³/mol. The van der Waals surface area contributed by atoms with Gasteiger partial charge < -0.3 is 9.30 Å². The Morgan fingerprint density at radius 2 is 2.15 bits per heavy atom. The molecular formula is C22H23N3O5S3. The van der Waals surface area contributed by atoms with Crippen LogP contribution in [0.4, 0.5) is 0 Å². The largest absolute Gasteiger partial charge is 0.462 e. The van der Waals surface area contributed by atoms with E-state index in [1.54, 1.807) is 48.7 Å². The number of benzene rings is 1. The van der Waals surface area contributed by atoms with Gasteiger partial charge >= 0.3 is 5.97 Å². The highest BCUT2D eigenvalue weighted by Crippen LogP contribution is 2.29. The van der Waals surface area contributed by atoms with Crippen molar-refractivity contribution >= 4 is 54.8 Å². The standard InChI is InChI=1S/C22H23N3O5S3/c1-3-11-24-16-10-9-15(21(27)30-4-2)14-18(16)32-22(24)23-20(26)17-7-5-12-25(17)33(28,29)19-8-6-13-31-19/h3,6,8-10,13-14,17H,1,4-5,7,11-12H2,2H3. The molecule has 4 rings (SSSR count). The molecular weight excluding hydrogens is 482 g/mol. The Hall–Kier alpha value is -2.60. The Kier molecular flexibility index (Phi) is 6.94. The first kappa shape index (κ1) is 23.6. The number of carbonyl (C=O) groups is 2. The van der Waals surface area contributed by atoms with Crippen molar-refractivity contribution in [2.75, 3.05) is 13.2 Å². The van der Waals surface area contributed by atoms with E-state index < -0.39 is 27.9 Å². The van der Waals surface area contributed by atoms with Gasteiger partial charge in [0, 0.05) is 13.1 Å². The second kappa shape index (κ2) is 9.72. The lowest BCUT2D eigenvalue weighted by atomic mass is 10.2. The molecule has 8 nitrogen and oxygen atoms in total. The van der Waals surface area contributed by atoms with Gasteiger partial charge in [-0.15, -0.1) is 17.9 Å². The monoisotopic (exact) mass is 505 g/mol. The van der Waals surface area contributed by atoms with Gasteiger partial charge in [-0.25, -0.2) is 13.2 Å². The van der Waals surface area contributed by atoms with Gasteiger partial charge in [0.05, 0.1) is 22.4 Å². The Labute approximate surface area is 199 Å². The van der Waals surface area contributed by atoms with Crippen LogP contribution in [-0.4, -0.2) is 48.4 Å². The summed E-state index contributed by atoms with van der Waals surface area (Å²) in [5.74, 6) is -0.916. The van der Waals surface area contributed by atoms with Crippen LogP contribution in [0.1, 0.15) is 30.1 Å². The number of hydrogen-bond acceptors (Lipinski definition) is 7. The van der Waals surface area contributed by atoms with Crippen LogP contribution in [0.15, 0.2) is 57.6 Å². The third kappa shape index (κ3) is 4.58. The molecule has 1 aromatic carbocycles. The minimum atomic E-state index is -3.75. The summed E-state index contributed by atoms with van der Waals surface area (Å²) in [4.78, 5) is 30.0. The van der Waals surface area contributed by atoms with Crippen molar-refractivity contribution in [1.82, 2.24) is 8.87 Å². The molecule has 1 saturated heterocycles. The van der Waals surface area contributed by atoms with Crippen LogP contribution in [0, 0.1) is 0 Å². The summed E-state index contributed by atoms with van der Waals surface area (Å²) in [6.45, 7) is 6.50. The van der Waals surface area contributed by atoms with E-state index in [1.807, 2.05) is 4.57 Å². The Bertz CT molecular complexity index is 1370. The third-order valence-electron chi connectivity index (χ3n) is 5.26. The topological polar surface area (TPSA) is 98.0 Å². The highest BCUT2D eigenvalue weighted by atomic mass is 32.2. The van der Waals surface area contributed by atoms with E-state index in [0.717, 1.165) is 21.6 Å². The van der Waals surface area contributed by atoms with Gasteiger partial charge in [0.1, 0.15) is 10.3 Å². The molecule has 1 aliphatic heterocycles. The second-order valence-corrected chi connectivity index (χ2v) is 11.4. The first-order valence-electron chi connectivity index (χ1n) is 10.4. The zero-order chi connectivity index (χ0) is 23.6. The number of carbonyl (C=O) groups excluding carboxylic acids is 2. The van der Waals surface area contributed by atoms with Crippen LogP contribution < -0.4 is 4.80 Å². The number of nitrogens with zero attached hydrogens (tertiary/aromatic N) is 3. The highest BCUT2D eigenvalue weighted by molar-refractivity contribution is 7.91. The van der Waals surface area contributed by atoms with E-state index in [0.29, 0.717) is 29.8 Å². The minimum Gasteiger partial charge on any atom is -0.462 e. The Morgan fingerprint density at radius 3 is 2.85 bits per heavy atom. The molecule has 0 saturated carbocycles. The molecule has 1 unspecified atom stereocenters. The lowest BCUT2D eigenvalue weighted by molar-refractivity contribution is -0.121. The zero-order valence-electron chi connectivity index (χ0n) is 18.0. The molecule has 0 aliphatic carbocycles. The number of sulfonamides is 1. The maximum absolute atomic E-state index is 13.2. The van der Waals surface area contributed by atoms with Gasteiger partial charge in [0.15, 0.2) is 4.80 Å². The van der Waals surface area contributed by atoms with Crippen molar-refractivity contribution < 1.29 is 22.7 Å². The van der Waals surface area contributed by atoms with Gasteiger partial charge in [0.25, 0.3) is 15.9 Å². The first-order valence-corrected chi connectivity index (χ1v) is 13.6. The van der Waals surface area contributed by atoms with E-state index in [9.17, 15) is 18.0 Å². The van der Waals surface area contributed by atoms with Gasteiger partial charge in [-0.2, -0.15) is 9.30 Å². The molecule has 1 aliphatic rings. The summed E-state index contributed by atoms with van der Waals surface area (Å²) in [7, 11) is -3.75. The molecule has 0 spiro atoms. The van der Waals surface area contributed by atoms with Crippen molar-refractivity contribution in [3.05, 3.63) is 58.7 Å². The van der Waals surface area contributed by atoms with Gasteiger partial charge in [-0.05, 0) is 49.4 Å². The average Bonchev–Trinajstić information content (AvgIpc) is 3.55. The van der Waals surface area contributed by atoms with Crippen LogP contribution in [0.2, 0.25) is 0 Å². The maximum atomic E-state index is 13.2. The number of aromatic nitrogens is 1. The van der Waals surface area contributed by atoms with Gasteiger partial charge in [0.2, 0.25) is 0 Å². The molecule has 0 radical (unpaired) electrons. The number of thiophene rings is 1. The third-order valence-corrected chi connectivity index (χ3v) is 9.58. The van der Waals surface area contributed by atoms with Crippen LogP contribution in [0.5, 0.6) is 0 Å². The predicted octanol–water partition coefficient (Wildman–Crippen LogP) is 3.41. The number of fused-ring (bicyclic) bond motifs is 1. The maximum Gasteiger partial charge on any atom is 0.338 e. The van der Waals surface area contributed by atoms with Crippen LogP contribution in [-0.2, 0) is 26.1 Å². The number of amides is 1. The number of esters is 1. The molecule has 3 aromatic rings. The molecule has 0 N–H and O–H groups in total. The lowest BCUT2D eigenvalue weighted by Gasteiger charge is -2.20. The quantitative estimate of drug-likeness (QED) is 0.362. The molecule has 0 bridgehead atoms. The fourth-order valence-corrected chi connectivity index (χ4v) is 7.63. The molecule has 33 heavy (non-hydrogen) atoms. The van der Waals surface area contributed by atoms with E-state index in [-0.39, 0.29) is 17.4 Å². The first-order chi connectivity index (χ1) is 15.9. The fraction of sp³-hybridized carbons (Fsp3) is 0.318. The molecule has 11 heteroatoms. The van der Waals surface area contributed by atoms with Crippen LogP contribution in [0.3, 0.4) is 0 Å². The van der Waals surface area contributed by atoms with E-state index >= 15 is 0 Å². The number of hydrogen-bond donors (Lipinski definition) is 0. The molecule has 1 atom stereocenters. The summed E-state index contributed by atoms with van der Waals surface area (Å²) >= 11 is 2.39. The molecule has 174 valence electrons. The van der Waals surface area contributed by atoms with Crippen molar-refractivity contribution in [1.29, 1.82) is 0 Å². The Morgan fingerprint density at radius 1 is 1.33 bits per heavy atom. The average molecular weight is 506 g/mol. The van der Waals surface area contributed by atoms with Crippen LogP contribution in [0.25, 0.3) is 10.2 Å².